The molecule has 0 saturated heterocycles. The molecule has 0 aliphatic carbocycles. The highest BCUT2D eigenvalue weighted by molar-refractivity contribution is 4.68. The highest BCUT2D eigenvalue weighted by Crippen LogP contribution is 2.11. The van der Waals surface area contributed by atoms with Gasteiger partial charge in [0.2, 0.25) is 0 Å². The van der Waals surface area contributed by atoms with Gasteiger partial charge in [-0.25, -0.2) is 0 Å². The lowest BCUT2D eigenvalue weighted by Gasteiger charge is -2.18. The van der Waals surface area contributed by atoms with Crippen molar-refractivity contribution in [3.8, 4) is 0 Å². The second-order valence-electron chi connectivity index (χ2n) is 3.17. The molecule has 0 bridgehead atoms. The third-order valence-corrected chi connectivity index (χ3v) is 1.90. The summed E-state index contributed by atoms with van der Waals surface area (Å²) in [5.74, 6) is 0.159. The van der Waals surface area contributed by atoms with E-state index in [1.54, 1.807) is 0 Å². The molecule has 4 heteroatoms. The van der Waals surface area contributed by atoms with Gasteiger partial charge in [-0.1, -0.05) is 6.92 Å². The highest BCUT2D eigenvalue weighted by Gasteiger charge is 2.17. The van der Waals surface area contributed by atoms with Gasteiger partial charge in [0.1, 0.15) is 6.10 Å². The summed E-state index contributed by atoms with van der Waals surface area (Å²) in [6.07, 6.45) is -0.944. The molecule has 0 fully saturated rings. The molecule has 4 nitrogen and oxygen atoms in total. The van der Waals surface area contributed by atoms with E-state index >= 15 is 0 Å². The summed E-state index contributed by atoms with van der Waals surface area (Å²) < 4.78 is 0. The minimum atomic E-state index is -1.06. The maximum atomic E-state index is 9.22. The molecule has 0 aromatic rings. The molecule has 0 rings (SSSR count). The predicted octanol–water partition coefficient (Wildman–Crippen LogP) is -0.891. The van der Waals surface area contributed by atoms with Gasteiger partial charge in [0, 0.05) is 6.61 Å². The van der Waals surface area contributed by atoms with Crippen molar-refractivity contribution in [2.75, 3.05) is 13.2 Å². The summed E-state index contributed by atoms with van der Waals surface area (Å²) in [6, 6.07) is 0. The Morgan fingerprint density at radius 1 is 1.08 bits per heavy atom. The summed E-state index contributed by atoms with van der Waals surface area (Å²) in [6.45, 7) is 1.54. The van der Waals surface area contributed by atoms with Crippen LogP contribution in [0.4, 0.5) is 0 Å². The Hall–Kier alpha value is -0.160. The molecule has 0 aliphatic rings. The second kappa shape index (κ2) is 6.37. The van der Waals surface area contributed by atoms with Gasteiger partial charge in [-0.3, -0.25) is 0 Å². The number of aliphatic hydroxyl groups excluding tert-OH is 4. The summed E-state index contributed by atoms with van der Waals surface area (Å²) in [4.78, 5) is 0. The van der Waals surface area contributed by atoms with E-state index in [0.29, 0.717) is 12.8 Å². The van der Waals surface area contributed by atoms with Gasteiger partial charge in [-0.05, 0) is 18.8 Å². The molecule has 4 N–H and O–H groups in total. The molecule has 0 aromatic carbocycles. The first-order valence-corrected chi connectivity index (χ1v) is 4.19. The molecule has 3 atom stereocenters. The topological polar surface area (TPSA) is 80.9 Å². The fourth-order valence-electron chi connectivity index (χ4n) is 1.03. The van der Waals surface area contributed by atoms with Crippen LogP contribution >= 0.6 is 0 Å². The zero-order valence-electron chi connectivity index (χ0n) is 7.35. The van der Waals surface area contributed by atoms with Crippen molar-refractivity contribution in [1.82, 2.24) is 0 Å². The number of hydrogen-bond acceptors (Lipinski definition) is 4. The van der Waals surface area contributed by atoms with Gasteiger partial charge in [0.25, 0.3) is 0 Å². The second-order valence-corrected chi connectivity index (χ2v) is 3.17. The van der Waals surface area contributed by atoms with E-state index in [1.165, 1.54) is 0 Å². The van der Waals surface area contributed by atoms with Crippen LogP contribution in [0.5, 0.6) is 0 Å². The van der Waals surface area contributed by atoms with Crippen LogP contribution < -0.4 is 0 Å². The standard InChI is InChI=1S/C8H18O4/c1-6(2-3-9)4-7(11)8(12)5-10/h6-12H,2-5H2,1H3/t6-,7-,8+/m0/s1. The molecular weight excluding hydrogens is 160 g/mol. The van der Waals surface area contributed by atoms with Crippen LogP contribution in [0.2, 0.25) is 0 Å². The van der Waals surface area contributed by atoms with Gasteiger partial charge in [0.15, 0.2) is 0 Å². The monoisotopic (exact) mass is 178 g/mol. The van der Waals surface area contributed by atoms with Crippen LogP contribution in [-0.2, 0) is 0 Å². The molecule has 0 heterocycles. The summed E-state index contributed by atoms with van der Waals surface area (Å²) in [5.41, 5.74) is 0. The lowest BCUT2D eigenvalue weighted by Crippen LogP contribution is -2.30. The number of hydrogen-bond donors (Lipinski definition) is 4. The first-order valence-electron chi connectivity index (χ1n) is 4.19. The minimum absolute atomic E-state index is 0.0864. The fourth-order valence-corrected chi connectivity index (χ4v) is 1.03. The zero-order chi connectivity index (χ0) is 9.56. The van der Waals surface area contributed by atoms with E-state index in [4.69, 9.17) is 15.3 Å². The molecule has 0 unspecified atom stereocenters. The third-order valence-electron chi connectivity index (χ3n) is 1.90. The molecule has 0 saturated carbocycles. The van der Waals surface area contributed by atoms with E-state index in [-0.39, 0.29) is 12.5 Å². The largest absolute Gasteiger partial charge is 0.396 e. The van der Waals surface area contributed by atoms with Gasteiger partial charge in [0.05, 0.1) is 12.7 Å². The minimum Gasteiger partial charge on any atom is -0.396 e. The SMILES string of the molecule is C[C@@H](CCO)C[C@H](O)[C@H](O)CO. The molecule has 0 radical (unpaired) electrons. The van der Waals surface area contributed by atoms with E-state index in [9.17, 15) is 5.11 Å². The van der Waals surface area contributed by atoms with E-state index in [2.05, 4.69) is 0 Å². The third kappa shape index (κ3) is 4.66. The molecule has 0 aromatic heterocycles. The Balaban J connectivity index is 3.59. The maximum Gasteiger partial charge on any atom is 0.103 e. The van der Waals surface area contributed by atoms with Gasteiger partial charge < -0.3 is 20.4 Å². The summed E-state index contributed by atoms with van der Waals surface area (Å²) in [5, 5.41) is 35.2. The molecule has 74 valence electrons. The Morgan fingerprint density at radius 3 is 2.08 bits per heavy atom. The Labute approximate surface area is 72.5 Å². The first-order chi connectivity index (χ1) is 5.61. The van der Waals surface area contributed by atoms with Crippen LogP contribution in [0.1, 0.15) is 19.8 Å². The van der Waals surface area contributed by atoms with Crippen molar-refractivity contribution in [3.05, 3.63) is 0 Å². The van der Waals surface area contributed by atoms with Gasteiger partial charge >= 0.3 is 0 Å². The smallest absolute Gasteiger partial charge is 0.103 e. The van der Waals surface area contributed by atoms with Crippen LogP contribution in [-0.4, -0.2) is 45.8 Å². The van der Waals surface area contributed by atoms with Crippen LogP contribution in [0.25, 0.3) is 0 Å². The number of rotatable bonds is 6. The average Bonchev–Trinajstić information content (AvgIpc) is 2.03. The van der Waals surface area contributed by atoms with Gasteiger partial charge in [-0.15, -0.1) is 0 Å². The Kier molecular flexibility index (Phi) is 6.28. The Morgan fingerprint density at radius 2 is 1.67 bits per heavy atom. The van der Waals surface area contributed by atoms with Crippen molar-refractivity contribution >= 4 is 0 Å². The maximum absolute atomic E-state index is 9.22. The quantitative estimate of drug-likeness (QED) is 0.425. The summed E-state index contributed by atoms with van der Waals surface area (Å²) in [7, 11) is 0. The van der Waals surface area contributed by atoms with Crippen molar-refractivity contribution in [2.24, 2.45) is 5.92 Å². The van der Waals surface area contributed by atoms with E-state index < -0.39 is 18.8 Å². The predicted molar refractivity (Wildman–Crippen MR) is 44.6 cm³/mol. The molecule has 0 spiro atoms. The molecule has 12 heavy (non-hydrogen) atoms. The normalized spacial score (nSPS) is 18.8. The lowest BCUT2D eigenvalue weighted by atomic mass is 9.98. The van der Waals surface area contributed by atoms with Crippen molar-refractivity contribution in [1.29, 1.82) is 0 Å². The van der Waals surface area contributed by atoms with Crippen LogP contribution in [0.15, 0.2) is 0 Å². The van der Waals surface area contributed by atoms with Crippen LogP contribution in [0.3, 0.4) is 0 Å². The lowest BCUT2D eigenvalue weighted by molar-refractivity contribution is -0.0249. The van der Waals surface area contributed by atoms with Crippen LogP contribution in [0, 0.1) is 5.92 Å². The molecule has 0 amide bonds. The highest BCUT2D eigenvalue weighted by atomic mass is 16.4. The van der Waals surface area contributed by atoms with Crippen molar-refractivity contribution in [2.45, 2.75) is 32.0 Å². The first kappa shape index (κ1) is 11.8. The zero-order valence-corrected chi connectivity index (χ0v) is 7.35. The van der Waals surface area contributed by atoms with Crippen molar-refractivity contribution in [3.63, 3.8) is 0 Å². The fraction of sp³-hybridized carbons (Fsp3) is 1.00. The van der Waals surface area contributed by atoms with Crippen molar-refractivity contribution < 1.29 is 20.4 Å². The summed E-state index contributed by atoms with van der Waals surface area (Å²) >= 11 is 0. The van der Waals surface area contributed by atoms with E-state index in [0.717, 1.165) is 0 Å². The van der Waals surface area contributed by atoms with Gasteiger partial charge in [-0.2, -0.15) is 0 Å². The average molecular weight is 178 g/mol. The number of aliphatic hydroxyl groups is 4. The molecule has 0 aliphatic heterocycles. The van der Waals surface area contributed by atoms with E-state index in [1.807, 2.05) is 6.92 Å². The molecular formula is C8H18O4. The Bertz CT molecular complexity index is 107.